The first-order valence-electron chi connectivity index (χ1n) is 7.74. The van der Waals surface area contributed by atoms with Crippen LogP contribution in [0.2, 0.25) is 0 Å². The van der Waals surface area contributed by atoms with Gasteiger partial charge in [0.1, 0.15) is 0 Å². The summed E-state index contributed by atoms with van der Waals surface area (Å²) >= 11 is 0. The first kappa shape index (κ1) is 15.1. The molecule has 0 saturated heterocycles. The Bertz CT molecular complexity index is 526. The van der Waals surface area contributed by atoms with E-state index in [1.165, 1.54) is 16.6 Å². The lowest BCUT2D eigenvalue weighted by molar-refractivity contribution is 0.302. The molecule has 0 aliphatic heterocycles. The number of nitrogens with one attached hydrogen (secondary N) is 1. The Morgan fingerprint density at radius 2 is 1.85 bits per heavy atom. The Kier molecular flexibility index (Phi) is 5.62. The van der Waals surface area contributed by atoms with Crippen LogP contribution in [0.1, 0.15) is 19.5 Å². The van der Waals surface area contributed by atoms with E-state index in [0.717, 1.165) is 39.3 Å². The van der Waals surface area contributed by atoms with Gasteiger partial charge in [-0.15, -0.1) is 0 Å². The van der Waals surface area contributed by atoms with E-state index in [4.69, 9.17) is 0 Å². The summed E-state index contributed by atoms with van der Waals surface area (Å²) in [6.07, 6.45) is 0. The molecule has 0 saturated carbocycles. The van der Waals surface area contributed by atoms with Gasteiger partial charge < -0.3 is 14.8 Å². The average Bonchev–Trinajstić information content (AvgIpc) is 2.79. The third-order valence-corrected chi connectivity index (χ3v) is 4.03. The number of fused-ring (bicyclic) bond motifs is 1. The molecule has 0 fully saturated rings. The zero-order chi connectivity index (χ0) is 14.4. The predicted octanol–water partition coefficient (Wildman–Crippen LogP) is 2.88. The second kappa shape index (κ2) is 7.46. The van der Waals surface area contributed by atoms with Crippen LogP contribution in [-0.4, -0.2) is 42.2 Å². The molecule has 3 heteroatoms. The summed E-state index contributed by atoms with van der Waals surface area (Å²) in [6.45, 7) is 13.2. The number of aryl methyl sites for hydroxylation is 1. The summed E-state index contributed by atoms with van der Waals surface area (Å²) in [7, 11) is 0. The molecular weight excluding hydrogens is 246 g/mol. The van der Waals surface area contributed by atoms with Gasteiger partial charge in [-0.05, 0) is 37.5 Å². The Morgan fingerprint density at radius 1 is 1.10 bits per heavy atom. The fraction of sp³-hybridized carbons (Fsp3) is 0.529. The highest BCUT2D eigenvalue weighted by molar-refractivity contribution is 5.81. The van der Waals surface area contributed by atoms with Crippen LogP contribution in [-0.2, 0) is 6.54 Å². The van der Waals surface area contributed by atoms with Gasteiger partial charge in [0.25, 0.3) is 0 Å². The number of aromatic nitrogens is 1. The van der Waals surface area contributed by atoms with E-state index in [9.17, 15) is 0 Å². The van der Waals surface area contributed by atoms with Gasteiger partial charge in [-0.1, -0.05) is 32.0 Å². The maximum Gasteiger partial charge on any atom is 0.0482 e. The maximum atomic E-state index is 3.55. The Hall–Kier alpha value is -1.32. The van der Waals surface area contributed by atoms with Crippen molar-refractivity contribution >= 4 is 10.9 Å². The third kappa shape index (κ3) is 3.62. The van der Waals surface area contributed by atoms with Crippen molar-refractivity contribution in [2.75, 3.05) is 32.7 Å². The van der Waals surface area contributed by atoms with Crippen LogP contribution in [0.3, 0.4) is 0 Å². The molecule has 1 heterocycles. The van der Waals surface area contributed by atoms with Crippen molar-refractivity contribution in [1.82, 2.24) is 14.8 Å². The van der Waals surface area contributed by atoms with E-state index < -0.39 is 0 Å². The molecule has 0 aliphatic carbocycles. The molecule has 0 bridgehead atoms. The number of para-hydroxylation sites is 1. The van der Waals surface area contributed by atoms with E-state index in [0.29, 0.717) is 0 Å². The van der Waals surface area contributed by atoms with E-state index in [1.807, 2.05) is 0 Å². The minimum Gasteiger partial charge on any atom is -0.344 e. The second-order valence-corrected chi connectivity index (χ2v) is 5.27. The monoisotopic (exact) mass is 273 g/mol. The van der Waals surface area contributed by atoms with E-state index >= 15 is 0 Å². The lowest BCUT2D eigenvalue weighted by Crippen LogP contribution is -2.33. The molecule has 0 atom stereocenters. The molecular formula is C17H27N3. The lowest BCUT2D eigenvalue weighted by Gasteiger charge is -2.18. The highest BCUT2D eigenvalue weighted by atomic mass is 15.1. The topological polar surface area (TPSA) is 20.2 Å². The van der Waals surface area contributed by atoms with Crippen molar-refractivity contribution in [3.05, 3.63) is 36.0 Å². The van der Waals surface area contributed by atoms with Gasteiger partial charge in [-0.3, -0.25) is 0 Å². The maximum absolute atomic E-state index is 3.55. The summed E-state index contributed by atoms with van der Waals surface area (Å²) in [5.41, 5.74) is 2.69. The van der Waals surface area contributed by atoms with Crippen molar-refractivity contribution in [2.45, 2.75) is 27.3 Å². The summed E-state index contributed by atoms with van der Waals surface area (Å²) in [5.74, 6) is 0. The minimum absolute atomic E-state index is 1.03. The zero-order valence-corrected chi connectivity index (χ0v) is 13.0. The standard InChI is InChI=1S/C17H27N3/c1-4-19(5-2)12-10-18-11-13-20-15(3)14-16-8-6-7-9-17(16)20/h6-9,14,18H,4-5,10-13H2,1-3H3. The molecule has 3 nitrogen and oxygen atoms in total. The van der Waals surface area contributed by atoms with Gasteiger partial charge in [-0.2, -0.15) is 0 Å². The van der Waals surface area contributed by atoms with Crippen LogP contribution in [0.25, 0.3) is 10.9 Å². The number of nitrogens with zero attached hydrogens (tertiary/aromatic N) is 2. The summed E-state index contributed by atoms with van der Waals surface area (Å²) in [4.78, 5) is 2.45. The Labute approximate surface area is 122 Å². The second-order valence-electron chi connectivity index (χ2n) is 5.27. The SMILES string of the molecule is CCN(CC)CCNCCn1c(C)cc2ccccc21. The summed E-state index contributed by atoms with van der Waals surface area (Å²) in [5, 5.41) is 4.89. The molecule has 20 heavy (non-hydrogen) atoms. The van der Waals surface area contributed by atoms with Gasteiger partial charge >= 0.3 is 0 Å². The number of benzene rings is 1. The van der Waals surface area contributed by atoms with Crippen molar-refractivity contribution in [3.8, 4) is 0 Å². The van der Waals surface area contributed by atoms with Crippen LogP contribution >= 0.6 is 0 Å². The van der Waals surface area contributed by atoms with Crippen LogP contribution in [0, 0.1) is 6.92 Å². The van der Waals surface area contributed by atoms with Crippen molar-refractivity contribution < 1.29 is 0 Å². The molecule has 0 spiro atoms. The zero-order valence-electron chi connectivity index (χ0n) is 13.0. The Balaban J connectivity index is 1.83. The minimum atomic E-state index is 1.03. The van der Waals surface area contributed by atoms with Crippen LogP contribution < -0.4 is 5.32 Å². The van der Waals surface area contributed by atoms with E-state index in [-0.39, 0.29) is 0 Å². The molecule has 110 valence electrons. The van der Waals surface area contributed by atoms with Gasteiger partial charge in [0, 0.05) is 37.4 Å². The highest BCUT2D eigenvalue weighted by Gasteiger charge is 2.04. The smallest absolute Gasteiger partial charge is 0.0482 e. The lowest BCUT2D eigenvalue weighted by atomic mass is 10.2. The molecule has 1 N–H and O–H groups in total. The third-order valence-electron chi connectivity index (χ3n) is 4.03. The van der Waals surface area contributed by atoms with Crippen LogP contribution in [0.15, 0.2) is 30.3 Å². The largest absolute Gasteiger partial charge is 0.344 e. The van der Waals surface area contributed by atoms with Crippen LogP contribution in [0.5, 0.6) is 0 Å². The number of hydrogen-bond donors (Lipinski definition) is 1. The van der Waals surface area contributed by atoms with Crippen LogP contribution in [0.4, 0.5) is 0 Å². The molecule has 1 aromatic carbocycles. The quantitative estimate of drug-likeness (QED) is 0.746. The van der Waals surface area contributed by atoms with Gasteiger partial charge in [0.05, 0.1) is 0 Å². The van der Waals surface area contributed by atoms with Crippen molar-refractivity contribution in [2.24, 2.45) is 0 Å². The first-order chi connectivity index (χ1) is 9.76. The molecule has 0 aliphatic rings. The summed E-state index contributed by atoms with van der Waals surface area (Å²) in [6, 6.07) is 10.9. The molecule has 1 aromatic heterocycles. The molecule has 0 unspecified atom stereocenters. The first-order valence-corrected chi connectivity index (χ1v) is 7.74. The highest BCUT2D eigenvalue weighted by Crippen LogP contribution is 2.18. The molecule has 0 radical (unpaired) electrons. The van der Waals surface area contributed by atoms with E-state index in [2.05, 4.69) is 65.9 Å². The molecule has 2 aromatic rings. The molecule has 2 rings (SSSR count). The average molecular weight is 273 g/mol. The number of hydrogen-bond acceptors (Lipinski definition) is 2. The van der Waals surface area contributed by atoms with Crippen molar-refractivity contribution in [3.63, 3.8) is 0 Å². The predicted molar refractivity (Wildman–Crippen MR) is 87.3 cm³/mol. The number of rotatable bonds is 8. The van der Waals surface area contributed by atoms with Gasteiger partial charge in [0.2, 0.25) is 0 Å². The molecule has 0 amide bonds. The fourth-order valence-electron chi connectivity index (χ4n) is 2.74. The number of likely N-dealkylation sites (N-methyl/N-ethyl adjacent to an activating group) is 1. The Morgan fingerprint density at radius 3 is 2.60 bits per heavy atom. The fourth-order valence-corrected chi connectivity index (χ4v) is 2.74. The summed E-state index contributed by atoms with van der Waals surface area (Å²) < 4.78 is 2.40. The van der Waals surface area contributed by atoms with Gasteiger partial charge in [-0.25, -0.2) is 0 Å². The normalized spacial score (nSPS) is 11.6. The van der Waals surface area contributed by atoms with E-state index in [1.54, 1.807) is 0 Å². The van der Waals surface area contributed by atoms with Crippen molar-refractivity contribution in [1.29, 1.82) is 0 Å². The van der Waals surface area contributed by atoms with Gasteiger partial charge in [0.15, 0.2) is 0 Å².